The maximum atomic E-state index is 9.37. The molecule has 0 unspecified atom stereocenters. The van der Waals surface area contributed by atoms with Crippen LogP contribution in [-0.2, 0) is 51.8 Å². The van der Waals surface area contributed by atoms with Gasteiger partial charge in [-0.15, -0.1) is 8.67 Å². The minimum absolute atomic E-state index is 0. The van der Waals surface area contributed by atoms with E-state index in [4.69, 9.17) is 0 Å². The fourth-order valence-electron chi connectivity index (χ4n) is 2.13. The summed E-state index contributed by atoms with van der Waals surface area (Å²) in [4.78, 5) is 16.7. The van der Waals surface area contributed by atoms with Gasteiger partial charge in [0.1, 0.15) is 0 Å². The fourth-order valence-corrected chi connectivity index (χ4v) is 2.67. The molecule has 0 fully saturated rings. The van der Waals surface area contributed by atoms with Crippen LogP contribution >= 0.6 is 0 Å². The summed E-state index contributed by atoms with van der Waals surface area (Å²) in [5.74, 6) is 0. The summed E-state index contributed by atoms with van der Waals surface area (Å²) < 4.78 is 61.5. The van der Waals surface area contributed by atoms with Crippen LogP contribution in [-0.4, -0.2) is 45.9 Å². The van der Waals surface area contributed by atoms with Gasteiger partial charge in [0, 0.05) is 24.8 Å². The first-order valence-corrected chi connectivity index (χ1v) is 11.7. The molecule has 0 bridgehead atoms. The molecule has 0 saturated heterocycles. The van der Waals surface area contributed by atoms with Crippen molar-refractivity contribution in [3.63, 3.8) is 0 Å². The average Bonchev–Trinajstić information content (AvgIpc) is 2.85. The Morgan fingerprint density at radius 2 is 0.714 bits per heavy atom. The van der Waals surface area contributed by atoms with Gasteiger partial charge in [-0.1, -0.05) is 24.3 Å². The molecule has 1 radical (unpaired) electrons. The Hall–Kier alpha value is -2.92. The standard InChI is InChI=1S/2C10H8N2.Ag.H2O8S2/c2*1-3-7-11-9(5-1)10-6-2-4-8-12-10;;1-9(2,3)7-8-10(4,5)6/h2*1-8H;;(H,1,2,3)(H,4,5,6)/q;;+2;/p-2. The largest absolute Gasteiger partial charge is 2.00 e. The molecule has 35 heavy (non-hydrogen) atoms. The van der Waals surface area contributed by atoms with Crippen molar-refractivity contribution in [2.75, 3.05) is 0 Å². The van der Waals surface area contributed by atoms with E-state index < -0.39 is 20.8 Å². The fraction of sp³-hybridized carbons (Fsp3) is 0. The second-order valence-corrected chi connectivity index (χ2v) is 7.72. The summed E-state index contributed by atoms with van der Waals surface area (Å²) >= 11 is 0. The Labute approximate surface area is 217 Å². The van der Waals surface area contributed by atoms with Crippen molar-refractivity contribution in [3.05, 3.63) is 97.6 Å². The van der Waals surface area contributed by atoms with E-state index in [1.54, 1.807) is 24.8 Å². The van der Waals surface area contributed by atoms with Gasteiger partial charge in [0.25, 0.3) is 0 Å². The van der Waals surface area contributed by atoms with E-state index in [0.29, 0.717) is 0 Å². The first-order valence-electron chi connectivity index (χ1n) is 9.08. The summed E-state index contributed by atoms with van der Waals surface area (Å²) in [5, 5.41) is 0. The average molecular weight is 612 g/mol. The monoisotopic (exact) mass is 611 g/mol. The molecule has 0 N–H and O–H groups in total. The van der Waals surface area contributed by atoms with Crippen molar-refractivity contribution in [3.8, 4) is 22.8 Å². The van der Waals surface area contributed by atoms with Gasteiger partial charge >= 0.3 is 22.4 Å². The molecule has 12 nitrogen and oxygen atoms in total. The maximum Gasteiger partial charge on any atom is 2.00 e. The Bertz CT molecular complexity index is 1150. The third kappa shape index (κ3) is 13.5. The molecule has 4 aromatic rings. The Morgan fingerprint density at radius 1 is 0.486 bits per heavy atom. The smallest absolute Gasteiger partial charge is 0.724 e. The number of nitrogens with zero attached hydrogens (tertiary/aromatic N) is 4. The number of rotatable bonds is 5. The van der Waals surface area contributed by atoms with Gasteiger partial charge in [-0.05, 0) is 48.5 Å². The van der Waals surface area contributed by atoms with Crippen LogP contribution < -0.4 is 0 Å². The molecular weight excluding hydrogens is 596 g/mol. The molecule has 0 aliphatic heterocycles. The molecule has 4 aromatic heterocycles. The van der Waals surface area contributed by atoms with Gasteiger partial charge < -0.3 is 9.11 Å². The first-order chi connectivity index (χ1) is 16.1. The molecule has 0 aromatic carbocycles. The molecule has 0 spiro atoms. The summed E-state index contributed by atoms with van der Waals surface area (Å²) in [6.45, 7) is 0. The molecule has 0 saturated carbocycles. The van der Waals surface area contributed by atoms with Crippen LogP contribution in [0.4, 0.5) is 0 Å². The Morgan fingerprint density at radius 3 is 0.857 bits per heavy atom. The Balaban J connectivity index is 0.000000261. The quantitative estimate of drug-likeness (QED) is 0.105. The number of aromatic nitrogens is 4. The third-order valence-electron chi connectivity index (χ3n) is 3.38. The zero-order valence-electron chi connectivity index (χ0n) is 17.4. The molecule has 0 atom stereocenters. The van der Waals surface area contributed by atoms with Crippen LogP contribution in [0.1, 0.15) is 0 Å². The van der Waals surface area contributed by atoms with Crippen molar-refractivity contribution < 1.29 is 57.0 Å². The predicted molar refractivity (Wildman–Crippen MR) is 117 cm³/mol. The summed E-state index contributed by atoms with van der Waals surface area (Å²) in [5.41, 5.74) is 3.66. The second kappa shape index (κ2) is 15.2. The number of hydrogen-bond donors (Lipinski definition) is 0. The topological polar surface area (TPSA) is 184 Å². The first kappa shape index (κ1) is 30.1. The van der Waals surface area contributed by atoms with E-state index in [1.165, 1.54) is 0 Å². The van der Waals surface area contributed by atoms with Gasteiger partial charge in [0.05, 0.1) is 22.8 Å². The van der Waals surface area contributed by atoms with Crippen molar-refractivity contribution >= 4 is 20.8 Å². The van der Waals surface area contributed by atoms with Crippen LogP contribution in [0.2, 0.25) is 0 Å². The van der Waals surface area contributed by atoms with E-state index in [1.807, 2.05) is 72.8 Å². The van der Waals surface area contributed by atoms with Crippen LogP contribution in [0.15, 0.2) is 97.6 Å². The van der Waals surface area contributed by atoms with Crippen LogP contribution in [0.3, 0.4) is 0 Å². The Kier molecular flexibility index (Phi) is 13.0. The molecular formula is C20H16AgN4O8S2. The minimum Gasteiger partial charge on any atom is -0.724 e. The third-order valence-corrected chi connectivity index (χ3v) is 3.93. The predicted octanol–water partition coefficient (Wildman–Crippen LogP) is 2.14. The van der Waals surface area contributed by atoms with E-state index in [9.17, 15) is 25.9 Å². The number of hydrogen-bond acceptors (Lipinski definition) is 12. The summed E-state index contributed by atoms with van der Waals surface area (Å²) in [7, 11) is -10.6. The van der Waals surface area contributed by atoms with Gasteiger partial charge in [-0.25, -0.2) is 16.8 Å². The van der Waals surface area contributed by atoms with Crippen molar-refractivity contribution in [2.45, 2.75) is 0 Å². The SMILES string of the molecule is O=S(=O)([O-])OOS(=O)(=O)[O-].[Ag+2].c1ccc(-c2ccccn2)nc1.c1ccc(-c2ccccn2)nc1. The molecule has 15 heteroatoms. The van der Waals surface area contributed by atoms with Crippen LogP contribution in [0.5, 0.6) is 0 Å². The molecule has 0 aliphatic carbocycles. The molecule has 187 valence electrons. The summed E-state index contributed by atoms with van der Waals surface area (Å²) in [6, 6.07) is 23.2. The zero-order valence-corrected chi connectivity index (χ0v) is 20.5. The molecule has 4 rings (SSSR count). The van der Waals surface area contributed by atoms with Crippen LogP contribution in [0.25, 0.3) is 22.8 Å². The van der Waals surface area contributed by atoms with Crippen LogP contribution in [0, 0.1) is 0 Å². The molecule has 4 heterocycles. The zero-order chi connectivity index (χ0) is 24.9. The molecule has 0 aliphatic rings. The van der Waals surface area contributed by atoms with Gasteiger partial charge in [0.2, 0.25) is 20.8 Å². The van der Waals surface area contributed by atoms with Gasteiger partial charge in [0.15, 0.2) is 0 Å². The van der Waals surface area contributed by atoms with Crippen molar-refractivity contribution in [2.24, 2.45) is 0 Å². The van der Waals surface area contributed by atoms with E-state index in [2.05, 4.69) is 28.6 Å². The van der Waals surface area contributed by atoms with E-state index in [-0.39, 0.29) is 22.4 Å². The van der Waals surface area contributed by atoms with Crippen molar-refractivity contribution in [1.82, 2.24) is 19.9 Å². The minimum atomic E-state index is -5.31. The van der Waals surface area contributed by atoms with E-state index in [0.717, 1.165) is 22.8 Å². The van der Waals surface area contributed by atoms with Gasteiger partial charge in [-0.2, -0.15) is 0 Å². The van der Waals surface area contributed by atoms with Gasteiger partial charge in [-0.3, -0.25) is 19.9 Å². The molecule has 0 amide bonds. The van der Waals surface area contributed by atoms with Crippen molar-refractivity contribution in [1.29, 1.82) is 0 Å². The number of pyridine rings is 4. The summed E-state index contributed by atoms with van der Waals surface area (Å²) in [6.07, 6.45) is 7.07. The second-order valence-electron chi connectivity index (χ2n) is 5.81. The van der Waals surface area contributed by atoms with E-state index >= 15 is 0 Å². The maximum absolute atomic E-state index is 9.37. The normalized spacial score (nSPS) is 10.5.